The van der Waals surface area contributed by atoms with Crippen molar-refractivity contribution in [2.45, 2.75) is 11.8 Å². The van der Waals surface area contributed by atoms with Crippen molar-refractivity contribution in [1.29, 1.82) is 0 Å². The molecule has 0 bridgehead atoms. The molecular formula is C50H36Si. The molecule has 8 aromatic rings. The van der Waals surface area contributed by atoms with E-state index in [-0.39, 0.29) is 11.8 Å². The molecule has 240 valence electrons. The van der Waals surface area contributed by atoms with Gasteiger partial charge in [0, 0.05) is 11.8 Å². The van der Waals surface area contributed by atoms with Crippen LogP contribution in [-0.2, 0) is 0 Å². The lowest BCUT2D eigenvalue weighted by Gasteiger charge is -2.35. The van der Waals surface area contributed by atoms with Crippen molar-refractivity contribution < 1.29 is 0 Å². The summed E-state index contributed by atoms with van der Waals surface area (Å²) in [5.41, 5.74) is 13.7. The fourth-order valence-corrected chi connectivity index (χ4v) is 14.1. The molecule has 0 aliphatic heterocycles. The van der Waals surface area contributed by atoms with Gasteiger partial charge in [0.25, 0.3) is 0 Å². The van der Waals surface area contributed by atoms with Gasteiger partial charge < -0.3 is 0 Å². The second kappa shape index (κ2) is 12.1. The summed E-state index contributed by atoms with van der Waals surface area (Å²) in [6, 6.07) is 77.7. The molecule has 0 spiro atoms. The minimum Gasteiger partial charge on any atom is -0.0623 e. The zero-order valence-corrected chi connectivity index (χ0v) is 29.3. The van der Waals surface area contributed by atoms with E-state index in [0.29, 0.717) is 0 Å². The molecule has 1 atom stereocenters. The highest BCUT2D eigenvalue weighted by Gasteiger charge is 2.42. The van der Waals surface area contributed by atoms with Gasteiger partial charge in [-0.1, -0.05) is 200 Å². The molecule has 10 rings (SSSR count). The summed E-state index contributed by atoms with van der Waals surface area (Å²) in [6.45, 7) is 0. The average Bonchev–Trinajstić information content (AvgIpc) is 3.72. The van der Waals surface area contributed by atoms with Crippen LogP contribution in [-0.4, -0.2) is 8.07 Å². The summed E-state index contributed by atoms with van der Waals surface area (Å²) in [4.78, 5) is 0. The van der Waals surface area contributed by atoms with Gasteiger partial charge in [-0.2, -0.15) is 0 Å². The van der Waals surface area contributed by atoms with Crippen molar-refractivity contribution in [2.75, 3.05) is 0 Å². The van der Waals surface area contributed by atoms with Crippen LogP contribution < -0.4 is 20.7 Å². The first-order valence-electron chi connectivity index (χ1n) is 18.0. The zero-order chi connectivity index (χ0) is 33.8. The molecular weight excluding hydrogens is 629 g/mol. The first kappa shape index (κ1) is 29.9. The van der Waals surface area contributed by atoms with Crippen LogP contribution in [0.1, 0.15) is 45.2 Å². The predicted molar refractivity (Wildman–Crippen MR) is 216 cm³/mol. The third-order valence-corrected chi connectivity index (χ3v) is 16.2. The van der Waals surface area contributed by atoms with Gasteiger partial charge in [-0.25, -0.2) is 0 Å². The molecule has 2 aliphatic carbocycles. The second-order valence-corrected chi connectivity index (χ2v) is 17.8. The van der Waals surface area contributed by atoms with Crippen LogP contribution in [0.5, 0.6) is 0 Å². The molecule has 1 heteroatoms. The minimum atomic E-state index is -2.66. The Hall–Kier alpha value is -6.02. The van der Waals surface area contributed by atoms with E-state index in [1.54, 1.807) is 0 Å². The molecule has 0 amide bonds. The first-order chi connectivity index (χ1) is 25.3. The van der Waals surface area contributed by atoms with Gasteiger partial charge in [-0.15, -0.1) is 0 Å². The Morgan fingerprint density at radius 2 is 0.627 bits per heavy atom. The van der Waals surface area contributed by atoms with Crippen molar-refractivity contribution in [3.8, 4) is 22.3 Å². The third-order valence-electron chi connectivity index (χ3n) is 11.4. The Morgan fingerprint density at radius 1 is 0.255 bits per heavy atom. The Morgan fingerprint density at radius 3 is 1.12 bits per heavy atom. The molecule has 0 saturated heterocycles. The highest BCUT2D eigenvalue weighted by atomic mass is 28.3. The smallest absolute Gasteiger partial charge is 0.0623 e. The van der Waals surface area contributed by atoms with E-state index >= 15 is 0 Å². The summed E-state index contributed by atoms with van der Waals surface area (Å²) in [5, 5.41) is 5.60. The number of rotatable bonds is 6. The molecule has 8 aromatic carbocycles. The molecule has 0 radical (unpaired) electrons. The van der Waals surface area contributed by atoms with Gasteiger partial charge in [0.05, 0.1) is 0 Å². The number of benzene rings is 8. The lowest BCUT2D eigenvalue weighted by atomic mass is 9.85. The third kappa shape index (κ3) is 4.59. The number of fused-ring (bicyclic) bond motifs is 6. The van der Waals surface area contributed by atoms with E-state index < -0.39 is 8.07 Å². The van der Waals surface area contributed by atoms with Crippen LogP contribution in [0.3, 0.4) is 0 Å². The lowest BCUT2D eigenvalue weighted by Crippen LogP contribution is -2.74. The van der Waals surface area contributed by atoms with E-state index in [4.69, 9.17) is 0 Å². The topological polar surface area (TPSA) is 0 Å². The van der Waals surface area contributed by atoms with E-state index in [2.05, 4.69) is 206 Å². The van der Waals surface area contributed by atoms with Crippen molar-refractivity contribution in [1.82, 2.24) is 0 Å². The van der Waals surface area contributed by atoms with Crippen LogP contribution in [0.25, 0.3) is 22.3 Å². The molecule has 0 saturated carbocycles. The molecule has 0 nitrogen and oxygen atoms in total. The van der Waals surface area contributed by atoms with Crippen molar-refractivity contribution in [3.63, 3.8) is 0 Å². The quantitative estimate of drug-likeness (QED) is 0.123. The molecule has 1 unspecified atom stereocenters. The average molecular weight is 665 g/mol. The van der Waals surface area contributed by atoms with Crippen LogP contribution in [0.15, 0.2) is 206 Å². The van der Waals surface area contributed by atoms with Crippen LogP contribution >= 0.6 is 0 Å². The molecule has 0 aromatic heterocycles. The standard InChI is InChI=1S/C50H36Si/c1-4-18-37(19-5-1)51(38-20-6-2-7-21-38,39-22-8-3-9-23-39)40-24-16-17-35(33-40)49-46-30-15-12-27-43(46)48-34-36(31-32-47(48)49)50-44-28-13-10-25-41(44)42-26-11-14-29-45(42)50/h1-34,49-50H. The van der Waals surface area contributed by atoms with Crippen LogP contribution in [0, 0.1) is 0 Å². The highest BCUT2D eigenvalue weighted by Crippen LogP contribution is 2.52. The van der Waals surface area contributed by atoms with E-state index in [1.807, 2.05) is 0 Å². The number of hydrogen-bond acceptors (Lipinski definition) is 0. The van der Waals surface area contributed by atoms with Crippen molar-refractivity contribution in [2.24, 2.45) is 0 Å². The second-order valence-electron chi connectivity index (χ2n) is 13.9. The summed E-state index contributed by atoms with van der Waals surface area (Å²) in [5.74, 6) is 0.383. The molecule has 0 heterocycles. The largest absolute Gasteiger partial charge is 0.179 e. The SMILES string of the molecule is c1ccc([Si](c2ccccc2)(c2ccccc2)c2cccc(C3c4ccccc4-c4cc(C5c6ccccc6-c6ccccc65)ccc43)c2)cc1. The monoisotopic (exact) mass is 664 g/mol. The van der Waals surface area contributed by atoms with Gasteiger partial charge in [-0.3, -0.25) is 0 Å². The maximum absolute atomic E-state index is 2.66. The Balaban J connectivity index is 1.16. The highest BCUT2D eigenvalue weighted by molar-refractivity contribution is 7.19. The molecule has 51 heavy (non-hydrogen) atoms. The summed E-state index contributed by atoms with van der Waals surface area (Å²) in [7, 11) is -2.66. The van der Waals surface area contributed by atoms with Crippen molar-refractivity contribution in [3.05, 3.63) is 240 Å². The zero-order valence-electron chi connectivity index (χ0n) is 28.3. The fraction of sp³-hybridized carbons (Fsp3) is 0.0400. The van der Waals surface area contributed by atoms with Gasteiger partial charge in [0.2, 0.25) is 0 Å². The van der Waals surface area contributed by atoms with Crippen LogP contribution in [0.2, 0.25) is 0 Å². The molecule has 2 aliphatic rings. The molecule has 0 fully saturated rings. The first-order valence-corrected chi connectivity index (χ1v) is 20.0. The van der Waals surface area contributed by atoms with E-state index in [0.717, 1.165) is 0 Å². The normalized spacial score (nSPS) is 14.4. The maximum Gasteiger partial charge on any atom is 0.179 e. The van der Waals surface area contributed by atoms with E-state index in [9.17, 15) is 0 Å². The minimum absolute atomic E-state index is 0.155. The van der Waals surface area contributed by atoms with Crippen molar-refractivity contribution >= 4 is 28.8 Å². The Labute approximate surface area is 301 Å². The molecule has 0 N–H and O–H groups in total. The Bertz CT molecular complexity index is 2390. The van der Waals surface area contributed by atoms with Gasteiger partial charge in [0.15, 0.2) is 8.07 Å². The maximum atomic E-state index is 2.55. The van der Waals surface area contributed by atoms with E-state index in [1.165, 1.54) is 76.4 Å². The Kier molecular flexibility index (Phi) is 7.08. The summed E-state index contributed by atoms with van der Waals surface area (Å²) in [6.07, 6.45) is 0. The summed E-state index contributed by atoms with van der Waals surface area (Å²) < 4.78 is 0. The summed E-state index contributed by atoms with van der Waals surface area (Å²) >= 11 is 0. The van der Waals surface area contributed by atoms with Gasteiger partial charge in [0.1, 0.15) is 0 Å². The van der Waals surface area contributed by atoms with Gasteiger partial charge >= 0.3 is 0 Å². The number of hydrogen-bond donors (Lipinski definition) is 0. The fourth-order valence-electron chi connectivity index (χ4n) is 9.29. The van der Waals surface area contributed by atoms with Gasteiger partial charge in [-0.05, 0) is 82.4 Å². The van der Waals surface area contributed by atoms with Crippen LogP contribution in [0.4, 0.5) is 0 Å². The predicted octanol–water partition coefficient (Wildman–Crippen LogP) is 9.39. The lowest BCUT2D eigenvalue weighted by molar-refractivity contribution is 0.994.